The van der Waals surface area contributed by atoms with Gasteiger partial charge in [0.15, 0.2) is 0 Å². The molecule has 2 aliphatic rings. The molecule has 5 heteroatoms. The second-order valence-electron chi connectivity index (χ2n) is 5.03. The van der Waals surface area contributed by atoms with Crippen molar-refractivity contribution in [1.82, 2.24) is 10.2 Å². The van der Waals surface area contributed by atoms with Crippen LogP contribution in [-0.4, -0.2) is 60.9 Å². The second-order valence-corrected chi connectivity index (χ2v) is 5.03. The molecule has 0 aromatic heterocycles. The molecule has 2 fully saturated rings. The highest BCUT2D eigenvalue weighted by molar-refractivity contribution is 5.78. The largest absolute Gasteiger partial charge is 0.388 e. The summed E-state index contributed by atoms with van der Waals surface area (Å²) in [5, 5.41) is 13.3. The van der Waals surface area contributed by atoms with Gasteiger partial charge >= 0.3 is 0 Å². The topological polar surface area (TPSA) is 61.8 Å². The van der Waals surface area contributed by atoms with Gasteiger partial charge in [0, 0.05) is 45.7 Å². The van der Waals surface area contributed by atoms with E-state index in [-0.39, 0.29) is 5.91 Å². The maximum Gasteiger partial charge on any atom is 0.236 e. The molecule has 1 amide bonds. The minimum Gasteiger partial charge on any atom is -0.388 e. The van der Waals surface area contributed by atoms with Crippen molar-refractivity contribution in [3.05, 3.63) is 0 Å². The van der Waals surface area contributed by atoms with Crippen molar-refractivity contribution >= 4 is 5.91 Å². The SMILES string of the molecule is O=C(CNCC1(O)CCOCC1)N1CCCC1. The molecule has 0 spiro atoms. The van der Waals surface area contributed by atoms with E-state index in [9.17, 15) is 9.90 Å². The molecule has 2 rings (SSSR count). The Bertz CT molecular complexity index is 258. The highest BCUT2D eigenvalue weighted by Crippen LogP contribution is 2.19. The average Bonchev–Trinajstić information content (AvgIpc) is 2.83. The number of amides is 1. The number of nitrogens with zero attached hydrogens (tertiary/aromatic N) is 1. The van der Waals surface area contributed by atoms with Crippen molar-refractivity contribution in [2.75, 3.05) is 39.4 Å². The van der Waals surface area contributed by atoms with E-state index in [1.807, 2.05) is 4.90 Å². The maximum absolute atomic E-state index is 11.7. The predicted molar refractivity (Wildman–Crippen MR) is 63.7 cm³/mol. The van der Waals surface area contributed by atoms with Crippen LogP contribution in [0.4, 0.5) is 0 Å². The molecular weight excluding hydrogens is 220 g/mol. The molecule has 0 aromatic rings. The molecule has 0 unspecified atom stereocenters. The fraction of sp³-hybridized carbons (Fsp3) is 0.917. The molecule has 17 heavy (non-hydrogen) atoms. The normalized spacial score (nSPS) is 23.9. The van der Waals surface area contributed by atoms with E-state index in [0.717, 1.165) is 25.9 Å². The van der Waals surface area contributed by atoms with Crippen molar-refractivity contribution in [1.29, 1.82) is 0 Å². The van der Waals surface area contributed by atoms with Crippen LogP contribution in [0.2, 0.25) is 0 Å². The Kier molecular flexibility index (Phi) is 4.36. The fourth-order valence-electron chi connectivity index (χ4n) is 2.41. The number of aliphatic hydroxyl groups is 1. The van der Waals surface area contributed by atoms with Crippen LogP contribution < -0.4 is 5.32 Å². The number of likely N-dealkylation sites (tertiary alicyclic amines) is 1. The van der Waals surface area contributed by atoms with Crippen molar-refractivity contribution < 1.29 is 14.6 Å². The molecule has 98 valence electrons. The Labute approximate surface area is 102 Å². The van der Waals surface area contributed by atoms with Gasteiger partial charge in [-0.25, -0.2) is 0 Å². The number of hydrogen-bond acceptors (Lipinski definition) is 4. The summed E-state index contributed by atoms with van der Waals surface area (Å²) < 4.78 is 5.21. The van der Waals surface area contributed by atoms with Crippen LogP contribution in [0.1, 0.15) is 25.7 Å². The quantitative estimate of drug-likeness (QED) is 0.713. The van der Waals surface area contributed by atoms with Crippen LogP contribution in [0, 0.1) is 0 Å². The lowest BCUT2D eigenvalue weighted by Gasteiger charge is -2.32. The Morgan fingerprint density at radius 3 is 2.59 bits per heavy atom. The summed E-state index contributed by atoms with van der Waals surface area (Å²) >= 11 is 0. The monoisotopic (exact) mass is 242 g/mol. The van der Waals surface area contributed by atoms with Crippen LogP contribution in [-0.2, 0) is 9.53 Å². The molecule has 0 aromatic carbocycles. The van der Waals surface area contributed by atoms with Gasteiger partial charge in [0.05, 0.1) is 12.1 Å². The van der Waals surface area contributed by atoms with E-state index in [4.69, 9.17) is 4.74 Å². The van der Waals surface area contributed by atoms with Crippen LogP contribution in [0.5, 0.6) is 0 Å². The van der Waals surface area contributed by atoms with Gasteiger partial charge in [0.2, 0.25) is 5.91 Å². The van der Waals surface area contributed by atoms with Gasteiger partial charge in [-0.05, 0) is 12.8 Å². The third-order valence-electron chi connectivity index (χ3n) is 3.61. The van der Waals surface area contributed by atoms with Crippen LogP contribution in [0.25, 0.3) is 0 Å². The number of hydrogen-bond donors (Lipinski definition) is 2. The summed E-state index contributed by atoms with van der Waals surface area (Å²) in [4.78, 5) is 13.6. The highest BCUT2D eigenvalue weighted by atomic mass is 16.5. The molecule has 5 nitrogen and oxygen atoms in total. The summed E-state index contributed by atoms with van der Waals surface area (Å²) in [5.41, 5.74) is -0.691. The molecule has 0 radical (unpaired) electrons. The fourth-order valence-corrected chi connectivity index (χ4v) is 2.41. The van der Waals surface area contributed by atoms with Crippen molar-refractivity contribution in [2.24, 2.45) is 0 Å². The van der Waals surface area contributed by atoms with Gasteiger partial charge in [-0.2, -0.15) is 0 Å². The zero-order chi connectivity index (χ0) is 12.1. The van der Waals surface area contributed by atoms with Gasteiger partial charge in [-0.3, -0.25) is 4.79 Å². The van der Waals surface area contributed by atoms with Crippen molar-refractivity contribution in [3.63, 3.8) is 0 Å². The summed E-state index contributed by atoms with van der Waals surface area (Å²) in [6, 6.07) is 0. The number of nitrogens with one attached hydrogen (secondary N) is 1. The van der Waals surface area contributed by atoms with Gasteiger partial charge in [0.1, 0.15) is 0 Å². The first-order valence-electron chi connectivity index (χ1n) is 6.48. The molecule has 2 N–H and O–H groups in total. The van der Waals surface area contributed by atoms with Crippen LogP contribution >= 0.6 is 0 Å². The first-order valence-corrected chi connectivity index (χ1v) is 6.48. The zero-order valence-electron chi connectivity index (χ0n) is 10.3. The van der Waals surface area contributed by atoms with Gasteiger partial charge in [-0.1, -0.05) is 0 Å². The summed E-state index contributed by atoms with van der Waals surface area (Å²) in [5.74, 6) is 0.151. The van der Waals surface area contributed by atoms with E-state index in [2.05, 4.69) is 5.32 Å². The summed E-state index contributed by atoms with van der Waals surface area (Å²) in [7, 11) is 0. The standard InChI is InChI=1S/C12H22N2O3/c15-11(14-5-1-2-6-14)9-13-10-12(16)3-7-17-8-4-12/h13,16H,1-10H2. The minimum atomic E-state index is -0.691. The molecule has 0 bridgehead atoms. The second kappa shape index (κ2) is 5.80. The Morgan fingerprint density at radius 1 is 1.29 bits per heavy atom. The molecule has 2 heterocycles. The molecule has 2 saturated heterocycles. The first-order chi connectivity index (χ1) is 8.20. The van der Waals surface area contributed by atoms with E-state index < -0.39 is 5.60 Å². The van der Waals surface area contributed by atoms with E-state index in [1.165, 1.54) is 0 Å². The molecule has 0 atom stereocenters. The first kappa shape index (κ1) is 12.8. The average molecular weight is 242 g/mol. The van der Waals surface area contributed by atoms with E-state index >= 15 is 0 Å². The van der Waals surface area contributed by atoms with Crippen LogP contribution in [0.3, 0.4) is 0 Å². The maximum atomic E-state index is 11.7. The van der Waals surface area contributed by atoms with Gasteiger partial charge in [-0.15, -0.1) is 0 Å². The van der Waals surface area contributed by atoms with E-state index in [1.54, 1.807) is 0 Å². The summed E-state index contributed by atoms with van der Waals surface area (Å²) in [6.45, 7) is 3.81. The van der Waals surface area contributed by atoms with Crippen molar-refractivity contribution in [3.8, 4) is 0 Å². The lowest BCUT2D eigenvalue weighted by molar-refractivity contribution is -0.129. The summed E-state index contributed by atoms with van der Waals surface area (Å²) in [6.07, 6.45) is 3.54. The van der Waals surface area contributed by atoms with Crippen LogP contribution in [0.15, 0.2) is 0 Å². The number of rotatable bonds is 4. The number of carbonyl (C=O) groups excluding carboxylic acids is 1. The zero-order valence-corrected chi connectivity index (χ0v) is 10.3. The minimum absolute atomic E-state index is 0.151. The molecular formula is C12H22N2O3. The molecule has 2 aliphatic heterocycles. The third-order valence-corrected chi connectivity index (χ3v) is 3.61. The molecule has 0 aliphatic carbocycles. The number of ether oxygens (including phenoxy) is 1. The lowest BCUT2D eigenvalue weighted by atomic mass is 9.94. The van der Waals surface area contributed by atoms with Crippen molar-refractivity contribution in [2.45, 2.75) is 31.3 Å². The number of carbonyl (C=O) groups is 1. The molecule has 0 saturated carbocycles. The lowest BCUT2D eigenvalue weighted by Crippen LogP contribution is -2.47. The van der Waals surface area contributed by atoms with Gasteiger partial charge in [0.25, 0.3) is 0 Å². The Balaban J connectivity index is 1.66. The van der Waals surface area contributed by atoms with E-state index in [0.29, 0.717) is 39.1 Å². The third kappa shape index (κ3) is 3.66. The Hall–Kier alpha value is -0.650. The Morgan fingerprint density at radius 2 is 1.94 bits per heavy atom. The van der Waals surface area contributed by atoms with Gasteiger partial charge < -0.3 is 20.1 Å². The predicted octanol–water partition coefficient (Wildman–Crippen LogP) is -0.260. The highest BCUT2D eigenvalue weighted by Gasteiger charge is 2.29. The smallest absolute Gasteiger partial charge is 0.236 e.